The highest BCUT2D eigenvalue weighted by Crippen LogP contribution is 2.18. The lowest BCUT2D eigenvalue weighted by Crippen LogP contribution is -2.08. The molecule has 0 fully saturated rings. The van der Waals surface area contributed by atoms with Crippen LogP contribution < -0.4 is 5.73 Å². The van der Waals surface area contributed by atoms with Gasteiger partial charge in [-0.25, -0.2) is 0 Å². The molecule has 1 aromatic rings. The first kappa shape index (κ1) is 14.0. The molecule has 0 atom stereocenters. The zero-order valence-corrected chi connectivity index (χ0v) is 11.0. The average Bonchev–Trinajstić information content (AvgIpc) is 2.76. The van der Waals surface area contributed by atoms with Crippen LogP contribution in [0, 0.1) is 0 Å². The summed E-state index contributed by atoms with van der Waals surface area (Å²) < 4.78 is 6.56. The Bertz CT molecular complexity index is 367. The maximum Gasteiger partial charge on any atom is 0.305 e. The fourth-order valence-corrected chi connectivity index (χ4v) is 2.34. The molecular weight excluding hydrogens is 240 g/mol. The van der Waals surface area contributed by atoms with Crippen molar-refractivity contribution in [2.24, 2.45) is 5.73 Å². The Morgan fingerprint density at radius 3 is 2.88 bits per heavy atom. The highest BCUT2D eigenvalue weighted by atomic mass is 32.2. The largest absolute Gasteiger partial charge is 0.469 e. The molecule has 6 nitrogen and oxygen atoms in total. The van der Waals surface area contributed by atoms with Gasteiger partial charge in [0.15, 0.2) is 5.16 Å². The van der Waals surface area contributed by atoms with E-state index in [9.17, 15) is 4.79 Å². The van der Waals surface area contributed by atoms with Crippen molar-refractivity contribution < 1.29 is 9.53 Å². The third-order valence-electron chi connectivity index (χ3n) is 2.28. The summed E-state index contributed by atoms with van der Waals surface area (Å²) in [5, 5.41) is 8.94. The number of esters is 1. The molecule has 0 aromatic carbocycles. The summed E-state index contributed by atoms with van der Waals surface area (Å²) in [6.45, 7) is 3.23. The fraction of sp³-hybridized carbons (Fsp3) is 0.700. The molecule has 0 radical (unpaired) electrons. The van der Waals surface area contributed by atoms with E-state index in [0.717, 1.165) is 29.7 Å². The van der Waals surface area contributed by atoms with Gasteiger partial charge in [-0.2, -0.15) is 0 Å². The molecule has 0 saturated heterocycles. The van der Waals surface area contributed by atoms with E-state index >= 15 is 0 Å². The molecule has 0 bridgehead atoms. The van der Waals surface area contributed by atoms with Gasteiger partial charge in [0, 0.05) is 18.7 Å². The van der Waals surface area contributed by atoms with E-state index in [1.54, 1.807) is 11.8 Å². The summed E-state index contributed by atoms with van der Waals surface area (Å²) in [5.41, 5.74) is 5.56. The first-order valence-electron chi connectivity index (χ1n) is 5.54. The van der Waals surface area contributed by atoms with E-state index in [2.05, 4.69) is 14.9 Å². The number of thioether (sulfide) groups is 1. The summed E-state index contributed by atoms with van der Waals surface area (Å²) in [6.07, 6.45) is 1.21. The molecule has 96 valence electrons. The van der Waals surface area contributed by atoms with Gasteiger partial charge in [-0.05, 0) is 13.3 Å². The molecule has 0 spiro atoms. The van der Waals surface area contributed by atoms with Crippen LogP contribution in [0.4, 0.5) is 0 Å². The quantitative estimate of drug-likeness (QED) is 0.442. The minimum atomic E-state index is -0.176. The van der Waals surface area contributed by atoms with Crippen LogP contribution in [0.5, 0.6) is 0 Å². The second-order valence-corrected chi connectivity index (χ2v) is 4.44. The number of methoxy groups -OCH3 is 1. The zero-order valence-electron chi connectivity index (χ0n) is 10.2. The number of hydrogen-bond acceptors (Lipinski definition) is 6. The Kier molecular flexibility index (Phi) is 5.99. The van der Waals surface area contributed by atoms with Crippen molar-refractivity contribution in [2.75, 3.05) is 12.9 Å². The molecular formula is C10H18N4O2S. The SMILES string of the molecule is CCn1c(CN)nnc1SCCCC(=O)OC. The first-order chi connectivity index (χ1) is 8.22. The number of rotatable bonds is 7. The maximum absolute atomic E-state index is 10.9. The van der Waals surface area contributed by atoms with Crippen LogP contribution in [-0.4, -0.2) is 33.6 Å². The fourth-order valence-electron chi connectivity index (χ4n) is 1.38. The van der Waals surface area contributed by atoms with Gasteiger partial charge >= 0.3 is 5.97 Å². The normalized spacial score (nSPS) is 10.5. The van der Waals surface area contributed by atoms with Gasteiger partial charge in [0.05, 0.1) is 13.7 Å². The summed E-state index contributed by atoms with van der Waals surface area (Å²) in [7, 11) is 1.40. The van der Waals surface area contributed by atoms with Crippen LogP contribution in [-0.2, 0) is 22.6 Å². The van der Waals surface area contributed by atoms with Crippen molar-refractivity contribution >= 4 is 17.7 Å². The lowest BCUT2D eigenvalue weighted by Gasteiger charge is -2.05. The van der Waals surface area contributed by atoms with Crippen molar-refractivity contribution in [3.63, 3.8) is 0 Å². The third-order valence-corrected chi connectivity index (χ3v) is 3.33. The summed E-state index contributed by atoms with van der Waals surface area (Å²) >= 11 is 1.59. The van der Waals surface area contributed by atoms with Gasteiger partial charge < -0.3 is 15.0 Å². The van der Waals surface area contributed by atoms with Crippen molar-refractivity contribution in [2.45, 2.75) is 38.0 Å². The van der Waals surface area contributed by atoms with E-state index in [4.69, 9.17) is 5.73 Å². The standard InChI is InChI=1S/C10H18N4O2S/c1-3-14-8(7-11)12-13-10(14)17-6-4-5-9(15)16-2/h3-7,11H2,1-2H3. The summed E-state index contributed by atoms with van der Waals surface area (Å²) in [6, 6.07) is 0. The molecule has 1 heterocycles. The molecule has 1 rings (SSSR count). The van der Waals surface area contributed by atoms with Crippen LogP contribution in [0.25, 0.3) is 0 Å². The minimum Gasteiger partial charge on any atom is -0.469 e. The molecule has 0 saturated carbocycles. The number of nitrogens with two attached hydrogens (primary N) is 1. The van der Waals surface area contributed by atoms with Crippen molar-refractivity contribution in [3.8, 4) is 0 Å². The van der Waals surface area contributed by atoms with E-state index in [1.807, 2.05) is 11.5 Å². The van der Waals surface area contributed by atoms with Crippen LogP contribution in [0.3, 0.4) is 0 Å². The number of carbonyl (C=O) groups is 1. The number of aromatic nitrogens is 3. The van der Waals surface area contributed by atoms with Crippen LogP contribution in [0.1, 0.15) is 25.6 Å². The molecule has 1 aromatic heterocycles. The Labute approximate surface area is 105 Å². The first-order valence-corrected chi connectivity index (χ1v) is 6.53. The predicted molar refractivity (Wildman–Crippen MR) is 65.6 cm³/mol. The van der Waals surface area contributed by atoms with E-state index in [0.29, 0.717) is 13.0 Å². The van der Waals surface area contributed by atoms with Gasteiger partial charge in [0.2, 0.25) is 0 Å². The minimum absolute atomic E-state index is 0.176. The van der Waals surface area contributed by atoms with Crippen LogP contribution >= 0.6 is 11.8 Å². The maximum atomic E-state index is 10.9. The molecule has 0 aliphatic heterocycles. The molecule has 17 heavy (non-hydrogen) atoms. The highest BCUT2D eigenvalue weighted by Gasteiger charge is 2.09. The van der Waals surface area contributed by atoms with Crippen LogP contribution in [0.15, 0.2) is 5.16 Å². The lowest BCUT2D eigenvalue weighted by atomic mass is 10.3. The Morgan fingerprint density at radius 2 is 2.29 bits per heavy atom. The summed E-state index contributed by atoms with van der Waals surface area (Å²) in [4.78, 5) is 10.9. The second-order valence-electron chi connectivity index (χ2n) is 3.38. The van der Waals surface area contributed by atoms with Gasteiger partial charge in [-0.1, -0.05) is 11.8 Å². The molecule has 7 heteroatoms. The molecule has 2 N–H and O–H groups in total. The third kappa shape index (κ3) is 4.01. The summed E-state index contributed by atoms with van der Waals surface area (Å²) in [5.74, 6) is 1.44. The number of carbonyl (C=O) groups excluding carboxylic acids is 1. The smallest absolute Gasteiger partial charge is 0.305 e. The molecule has 0 unspecified atom stereocenters. The molecule has 0 aliphatic carbocycles. The number of ether oxygens (including phenoxy) is 1. The number of nitrogens with zero attached hydrogens (tertiary/aromatic N) is 3. The Hall–Kier alpha value is -1.08. The molecule has 0 aliphatic rings. The average molecular weight is 258 g/mol. The molecule has 0 amide bonds. The van der Waals surface area contributed by atoms with Crippen molar-refractivity contribution in [1.29, 1.82) is 0 Å². The van der Waals surface area contributed by atoms with Crippen LogP contribution in [0.2, 0.25) is 0 Å². The van der Waals surface area contributed by atoms with E-state index < -0.39 is 0 Å². The van der Waals surface area contributed by atoms with Gasteiger partial charge in [-0.15, -0.1) is 10.2 Å². The Morgan fingerprint density at radius 1 is 1.53 bits per heavy atom. The van der Waals surface area contributed by atoms with Crippen molar-refractivity contribution in [1.82, 2.24) is 14.8 Å². The topological polar surface area (TPSA) is 83.0 Å². The van der Waals surface area contributed by atoms with Crippen molar-refractivity contribution in [3.05, 3.63) is 5.82 Å². The monoisotopic (exact) mass is 258 g/mol. The predicted octanol–water partition coefficient (Wildman–Crippen LogP) is 0.802. The Balaban J connectivity index is 2.41. The van der Waals surface area contributed by atoms with Gasteiger partial charge in [0.25, 0.3) is 0 Å². The lowest BCUT2D eigenvalue weighted by molar-refractivity contribution is -0.140. The highest BCUT2D eigenvalue weighted by molar-refractivity contribution is 7.99. The number of hydrogen-bond donors (Lipinski definition) is 1. The zero-order chi connectivity index (χ0) is 12.7. The van der Waals surface area contributed by atoms with Gasteiger partial charge in [0.1, 0.15) is 5.82 Å². The van der Waals surface area contributed by atoms with Gasteiger partial charge in [-0.3, -0.25) is 4.79 Å². The van der Waals surface area contributed by atoms with E-state index in [-0.39, 0.29) is 5.97 Å². The second kappa shape index (κ2) is 7.29. The van der Waals surface area contributed by atoms with E-state index in [1.165, 1.54) is 7.11 Å².